The summed E-state index contributed by atoms with van der Waals surface area (Å²) in [4.78, 5) is 4.78. The number of benzene rings is 12. The van der Waals surface area contributed by atoms with Gasteiger partial charge in [0, 0.05) is 56.0 Å². The number of aromatic nitrogens is 1. The number of hydrogen-bond donors (Lipinski definition) is 0. The fourth-order valence-corrected chi connectivity index (χ4v) is 11.8. The van der Waals surface area contributed by atoms with Crippen LogP contribution in [0.4, 0.5) is 34.1 Å². The molecule has 1 aliphatic carbocycles. The highest BCUT2D eigenvalue weighted by molar-refractivity contribution is 6.15. The summed E-state index contributed by atoms with van der Waals surface area (Å²) in [6.45, 7) is 4.71. The van der Waals surface area contributed by atoms with Gasteiger partial charge in [0.25, 0.3) is 0 Å². The zero-order valence-electron chi connectivity index (χ0n) is 41.3. The number of fused-ring (bicyclic) bond motifs is 8. The van der Waals surface area contributed by atoms with E-state index in [-0.39, 0.29) is 5.41 Å². The Bertz CT molecular complexity index is 4250. The standard InChI is InChI=1S/C71H51N3/c1-71(2)67-24-14-13-23-63(67)64-41-39-62(47-68(64)71)73(58-32-25-50(26-33-58)48-15-5-3-6-16-48)59-36-29-52(30-37-59)51-27-34-57(35-28-51)72(56-21-7-4-8-22-56)61-40-42-69-66(46-61)65-44-54-19-11-12-20-55(54)45-70(65)74(69)60-38-31-49-17-9-10-18-53(49)43-60/h3-47H,1-2H3. The first kappa shape index (κ1) is 43.4. The van der Waals surface area contributed by atoms with Gasteiger partial charge in [0.1, 0.15) is 0 Å². The second-order valence-electron chi connectivity index (χ2n) is 20.2. The summed E-state index contributed by atoms with van der Waals surface area (Å²) in [5, 5.41) is 7.37. The van der Waals surface area contributed by atoms with Crippen molar-refractivity contribution < 1.29 is 0 Å². The molecule has 14 rings (SSSR count). The van der Waals surface area contributed by atoms with Crippen LogP contribution in [-0.2, 0) is 5.41 Å². The first-order chi connectivity index (χ1) is 36.4. The first-order valence-corrected chi connectivity index (χ1v) is 25.6. The molecule has 0 fully saturated rings. The maximum absolute atomic E-state index is 2.44. The van der Waals surface area contributed by atoms with Crippen LogP contribution < -0.4 is 9.80 Å². The molecular formula is C71H51N3. The normalized spacial score (nSPS) is 12.6. The Morgan fingerprint density at radius 2 is 0.730 bits per heavy atom. The molecule has 0 amide bonds. The quantitative estimate of drug-likeness (QED) is 0.143. The Hall–Kier alpha value is -9.44. The zero-order valence-corrected chi connectivity index (χ0v) is 41.3. The van der Waals surface area contributed by atoms with Gasteiger partial charge in [0.2, 0.25) is 0 Å². The highest BCUT2D eigenvalue weighted by atomic mass is 15.1. The molecule has 0 unspecified atom stereocenters. The van der Waals surface area contributed by atoms with Crippen molar-refractivity contribution in [3.8, 4) is 39.1 Å². The van der Waals surface area contributed by atoms with E-state index in [1.54, 1.807) is 0 Å². The SMILES string of the molecule is CC1(C)c2ccccc2-c2ccc(N(c3ccc(-c4ccccc4)cc3)c3ccc(-c4ccc(N(c5ccccc5)c5ccc6c(c5)c5cc7ccccc7cc5n6-c5ccc6ccccc6c5)cc4)cc3)cc21. The van der Waals surface area contributed by atoms with E-state index in [4.69, 9.17) is 0 Å². The molecule has 0 atom stereocenters. The lowest BCUT2D eigenvalue weighted by Gasteiger charge is -2.28. The van der Waals surface area contributed by atoms with Crippen molar-refractivity contribution in [2.24, 2.45) is 0 Å². The lowest BCUT2D eigenvalue weighted by atomic mass is 9.82. The van der Waals surface area contributed by atoms with Crippen LogP contribution in [0, 0.1) is 0 Å². The van der Waals surface area contributed by atoms with Crippen LogP contribution in [0.25, 0.3) is 82.4 Å². The van der Waals surface area contributed by atoms with E-state index in [2.05, 4.69) is 301 Å². The summed E-state index contributed by atoms with van der Waals surface area (Å²) in [6, 6.07) is 100. The maximum Gasteiger partial charge on any atom is 0.0547 e. The molecule has 74 heavy (non-hydrogen) atoms. The average Bonchev–Trinajstić information content (AvgIpc) is 3.89. The minimum Gasteiger partial charge on any atom is -0.310 e. The van der Waals surface area contributed by atoms with E-state index in [0.717, 1.165) is 50.9 Å². The van der Waals surface area contributed by atoms with Gasteiger partial charge in [-0.05, 0) is 169 Å². The molecule has 3 nitrogen and oxygen atoms in total. The van der Waals surface area contributed by atoms with Crippen LogP contribution >= 0.6 is 0 Å². The molecule has 350 valence electrons. The molecule has 0 N–H and O–H groups in total. The van der Waals surface area contributed by atoms with E-state index >= 15 is 0 Å². The summed E-state index contributed by atoms with van der Waals surface area (Å²) < 4.78 is 2.44. The lowest BCUT2D eigenvalue weighted by molar-refractivity contribution is 0.660. The van der Waals surface area contributed by atoms with Gasteiger partial charge >= 0.3 is 0 Å². The molecule has 3 heteroatoms. The summed E-state index contributed by atoms with van der Waals surface area (Å²) >= 11 is 0. The molecule has 1 aromatic heterocycles. The van der Waals surface area contributed by atoms with Crippen LogP contribution in [0.1, 0.15) is 25.0 Å². The van der Waals surface area contributed by atoms with Crippen molar-refractivity contribution in [1.29, 1.82) is 0 Å². The smallest absolute Gasteiger partial charge is 0.0547 e. The highest BCUT2D eigenvalue weighted by Gasteiger charge is 2.36. The Balaban J connectivity index is 0.832. The third kappa shape index (κ3) is 7.27. The molecule has 12 aromatic carbocycles. The summed E-state index contributed by atoms with van der Waals surface area (Å²) in [5.41, 5.74) is 20.2. The summed E-state index contributed by atoms with van der Waals surface area (Å²) in [6.07, 6.45) is 0. The second-order valence-corrected chi connectivity index (χ2v) is 20.2. The van der Waals surface area contributed by atoms with Gasteiger partial charge < -0.3 is 14.4 Å². The van der Waals surface area contributed by atoms with Gasteiger partial charge in [-0.1, -0.05) is 184 Å². The second kappa shape index (κ2) is 17.4. The fraction of sp³-hybridized carbons (Fsp3) is 0.0423. The van der Waals surface area contributed by atoms with E-state index in [0.29, 0.717) is 0 Å². The predicted molar refractivity (Wildman–Crippen MR) is 314 cm³/mol. The molecular weight excluding hydrogens is 895 g/mol. The number of rotatable bonds is 9. The van der Waals surface area contributed by atoms with Gasteiger partial charge in [-0.25, -0.2) is 0 Å². The Kier molecular flexibility index (Phi) is 10.2. The van der Waals surface area contributed by atoms with Crippen LogP contribution in [0.2, 0.25) is 0 Å². The Morgan fingerprint density at radius 3 is 1.36 bits per heavy atom. The van der Waals surface area contributed by atoms with E-state index in [1.165, 1.54) is 76.7 Å². The van der Waals surface area contributed by atoms with E-state index in [9.17, 15) is 0 Å². The maximum atomic E-state index is 2.44. The molecule has 0 saturated carbocycles. The van der Waals surface area contributed by atoms with Crippen molar-refractivity contribution in [1.82, 2.24) is 4.57 Å². The fourth-order valence-electron chi connectivity index (χ4n) is 11.8. The number of nitrogens with zero attached hydrogens (tertiary/aromatic N) is 3. The lowest BCUT2D eigenvalue weighted by Crippen LogP contribution is -2.16. The average molecular weight is 946 g/mol. The van der Waals surface area contributed by atoms with Crippen LogP contribution in [0.5, 0.6) is 0 Å². The summed E-state index contributed by atoms with van der Waals surface area (Å²) in [7, 11) is 0. The van der Waals surface area contributed by atoms with Crippen molar-refractivity contribution in [3.05, 3.63) is 284 Å². The first-order valence-electron chi connectivity index (χ1n) is 25.6. The number of para-hydroxylation sites is 1. The van der Waals surface area contributed by atoms with Gasteiger partial charge in [-0.3, -0.25) is 0 Å². The minimum absolute atomic E-state index is 0.113. The van der Waals surface area contributed by atoms with Crippen molar-refractivity contribution in [3.63, 3.8) is 0 Å². The molecule has 0 aliphatic heterocycles. The largest absolute Gasteiger partial charge is 0.310 e. The van der Waals surface area contributed by atoms with Crippen molar-refractivity contribution in [2.75, 3.05) is 9.80 Å². The highest BCUT2D eigenvalue weighted by Crippen LogP contribution is 2.51. The van der Waals surface area contributed by atoms with Crippen molar-refractivity contribution in [2.45, 2.75) is 19.3 Å². The predicted octanol–water partition coefficient (Wildman–Crippen LogP) is 19.7. The van der Waals surface area contributed by atoms with Crippen LogP contribution in [-0.4, -0.2) is 4.57 Å². The Morgan fingerprint density at radius 1 is 0.284 bits per heavy atom. The molecule has 13 aromatic rings. The third-order valence-corrected chi connectivity index (χ3v) is 15.5. The van der Waals surface area contributed by atoms with Gasteiger partial charge in [0.15, 0.2) is 0 Å². The molecule has 1 heterocycles. The van der Waals surface area contributed by atoms with Gasteiger partial charge in [0.05, 0.1) is 11.0 Å². The zero-order chi connectivity index (χ0) is 49.3. The molecule has 0 saturated heterocycles. The minimum atomic E-state index is -0.113. The van der Waals surface area contributed by atoms with Crippen LogP contribution in [0.3, 0.4) is 0 Å². The van der Waals surface area contributed by atoms with E-state index in [1.807, 2.05) is 0 Å². The molecule has 0 radical (unpaired) electrons. The van der Waals surface area contributed by atoms with Gasteiger partial charge in [-0.2, -0.15) is 0 Å². The number of hydrogen-bond acceptors (Lipinski definition) is 2. The summed E-state index contributed by atoms with van der Waals surface area (Å²) in [5.74, 6) is 0. The molecule has 1 aliphatic rings. The topological polar surface area (TPSA) is 11.4 Å². The van der Waals surface area contributed by atoms with E-state index < -0.39 is 0 Å². The van der Waals surface area contributed by atoms with Gasteiger partial charge in [-0.15, -0.1) is 0 Å². The number of anilines is 6. The third-order valence-electron chi connectivity index (χ3n) is 15.5. The van der Waals surface area contributed by atoms with Crippen molar-refractivity contribution >= 4 is 77.5 Å². The molecule has 0 bridgehead atoms. The molecule has 0 spiro atoms. The van der Waals surface area contributed by atoms with Crippen LogP contribution in [0.15, 0.2) is 273 Å². The monoisotopic (exact) mass is 945 g/mol. The Labute approximate surface area is 432 Å².